The van der Waals surface area contributed by atoms with Crippen LogP contribution in [0.1, 0.15) is 36.2 Å². The molecule has 2 heterocycles. The van der Waals surface area contributed by atoms with Crippen LogP contribution >= 0.6 is 0 Å². The summed E-state index contributed by atoms with van der Waals surface area (Å²) in [4.78, 5) is 18.9. The van der Waals surface area contributed by atoms with Crippen molar-refractivity contribution in [1.82, 2.24) is 25.3 Å². The van der Waals surface area contributed by atoms with Crippen LogP contribution in [0.4, 0.5) is 0 Å². The van der Waals surface area contributed by atoms with Gasteiger partial charge in [0.25, 0.3) is 5.91 Å². The zero-order chi connectivity index (χ0) is 21.3. The Bertz CT molecular complexity index is 809. The fourth-order valence-electron chi connectivity index (χ4n) is 3.58. The molecule has 1 aliphatic heterocycles. The summed E-state index contributed by atoms with van der Waals surface area (Å²) >= 11 is 0. The van der Waals surface area contributed by atoms with E-state index in [2.05, 4.69) is 20.7 Å². The van der Waals surface area contributed by atoms with Gasteiger partial charge in [-0.2, -0.15) is 5.10 Å². The molecule has 2 unspecified atom stereocenters. The molecule has 2 aromatic rings. The highest BCUT2D eigenvalue weighted by Crippen LogP contribution is 2.15. The first-order valence-electron chi connectivity index (χ1n) is 10.5. The molecule has 0 aliphatic carbocycles. The van der Waals surface area contributed by atoms with Crippen molar-refractivity contribution in [1.29, 1.82) is 0 Å². The first kappa shape index (κ1) is 21.8. The number of hydrogen-bond donors (Lipinski definition) is 2. The van der Waals surface area contributed by atoms with E-state index >= 15 is 0 Å². The van der Waals surface area contributed by atoms with Gasteiger partial charge in [-0.3, -0.25) is 14.5 Å². The summed E-state index contributed by atoms with van der Waals surface area (Å²) in [6.45, 7) is 7.59. The molecule has 1 aliphatic rings. The van der Waals surface area contributed by atoms with E-state index in [1.165, 1.54) is 0 Å². The average Bonchev–Trinajstić information content (AvgIpc) is 3.26. The van der Waals surface area contributed by atoms with Crippen LogP contribution in [-0.2, 0) is 17.8 Å². The summed E-state index contributed by atoms with van der Waals surface area (Å²) in [7, 11) is 1.76. The number of carbonyl (C=O) groups excluding carboxylic acids is 1. The number of nitrogens with one attached hydrogen (secondary N) is 2. The van der Waals surface area contributed by atoms with Gasteiger partial charge in [-0.05, 0) is 44.0 Å². The van der Waals surface area contributed by atoms with Crippen LogP contribution < -0.4 is 10.6 Å². The van der Waals surface area contributed by atoms with Gasteiger partial charge in [-0.25, -0.2) is 0 Å². The molecule has 2 N–H and O–H groups in total. The highest BCUT2D eigenvalue weighted by Gasteiger charge is 2.26. The van der Waals surface area contributed by atoms with E-state index in [9.17, 15) is 4.79 Å². The lowest BCUT2D eigenvalue weighted by atomic mass is 10.1. The Morgan fingerprint density at radius 2 is 1.93 bits per heavy atom. The summed E-state index contributed by atoms with van der Waals surface area (Å²) in [5, 5.41) is 10.8. The fourth-order valence-corrected chi connectivity index (χ4v) is 3.58. The molecular formula is C22H32N6O2. The van der Waals surface area contributed by atoms with Gasteiger partial charge < -0.3 is 20.3 Å². The van der Waals surface area contributed by atoms with Gasteiger partial charge in [0.15, 0.2) is 5.96 Å². The maximum Gasteiger partial charge on any atom is 0.254 e. The van der Waals surface area contributed by atoms with E-state index in [0.717, 1.165) is 31.0 Å². The molecule has 0 saturated carbocycles. The number of nitrogens with zero attached hydrogens (tertiary/aromatic N) is 4. The second-order valence-electron chi connectivity index (χ2n) is 7.64. The summed E-state index contributed by atoms with van der Waals surface area (Å²) in [5.41, 5.74) is 1.80. The Kier molecular flexibility index (Phi) is 7.84. The lowest BCUT2D eigenvalue weighted by Gasteiger charge is -2.35. The Hall–Kier alpha value is -2.87. The number of ether oxygens (including phenoxy) is 1. The smallest absolute Gasteiger partial charge is 0.254 e. The Morgan fingerprint density at radius 1 is 1.20 bits per heavy atom. The minimum atomic E-state index is 0.0613. The highest BCUT2D eigenvalue weighted by molar-refractivity contribution is 5.94. The van der Waals surface area contributed by atoms with Crippen LogP contribution in [0.3, 0.4) is 0 Å². The SMILES string of the molecule is CN=C(NCCCn1cccn1)NCc1ccc(C(=O)N2CC(C)OC(C)C2)cc1. The molecule has 0 spiro atoms. The predicted octanol–water partition coefficient (Wildman–Crippen LogP) is 1.89. The number of morpholine rings is 1. The van der Waals surface area contributed by atoms with Crippen molar-refractivity contribution in [3.05, 3.63) is 53.9 Å². The minimum Gasteiger partial charge on any atom is -0.372 e. The van der Waals surface area contributed by atoms with Gasteiger partial charge in [-0.1, -0.05) is 12.1 Å². The van der Waals surface area contributed by atoms with E-state index in [1.807, 2.05) is 60.0 Å². The zero-order valence-electron chi connectivity index (χ0n) is 18.0. The third-order valence-corrected chi connectivity index (χ3v) is 5.01. The molecular weight excluding hydrogens is 380 g/mol. The van der Waals surface area contributed by atoms with Crippen molar-refractivity contribution in [3.8, 4) is 0 Å². The van der Waals surface area contributed by atoms with E-state index < -0.39 is 0 Å². The number of carbonyl (C=O) groups is 1. The highest BCUT2D eigenvalue weighted by atomic mass is 16.5. The molecule has 162 valence electrons. The number of amides is 1. The van der Waals surface area contributed by atoms with Gasteiger partial charge in [0.2, 0.25) is 0 Å². The van der Waals surface area contributed by atoms with Crippen LogP contribution in [0.2, 0.25) is 0 Å². The number of guanidine groups is 1. The number of hydrogen-bond acceptors (Lipinski definition) is 4. The maximum absolute atomic E-state index is 12.8. The fraction of sp³-hybridized carbons (Fsp3) is 0.500. The molecule has 2 atom stereocenters. The molecule has 1 amide bonds. The summed E-state index contributed by atoms with van der Waals surface area (Å²) < 4.78 is 7.63. The Labute approximate surface area is 178 Å². The summed E-state index contributed by atoms with van der Waals surface area (Å²) in [5.74, 6) is 0.818. The monoisotopic (exact) mass is 412 g/mol. The summed E-state index contributed by atoms with van der Waals surface area (Å²) in [6, 6.07) is 9.68. The predicted molar refractivity (Wildman–Crippen MR) is 117 cm³/mol. The van der Waals surface area contributed by atoms with Crippen molar-refractivity contribution < 1.29 is 9.53 Å². The van der Waals surface area contributed by atoms with Crippen LogP contribution in [0.5, 0.6) is 0 Å². The largest absolute Gasteiger partial charge is 0.372 e. The molecule has 1 fully saturated rings. The van der Waals surface area contributed by atoms with Gasteiger partial charge in [0.1, 0.15) is 0 Å². The van der Waals surface area contributed by atoms with E-state index in [0.29, 0.717) is 25.2 Å². The quantitative estimate of drug-likeness (QED) is 0.412. The van der Waals surface area contributed by atoms with Crippen molar-refractivity contribution in [2.45, 2.75) is 45.6 Å². The molecule has 1 saturated heterocycles. The van der Waals surface area contributed by atoms with Crippen molar-refractivity contribution in [3.63, 3.8) is 0 Å². The zero-order valence-corrected chi connectivity index (χ0v) is 18.0. The summed E-state index contributed by atoms with van der Waals surface area (Å²) in [6.07, 6.45) is 4.84. The first-order valence-corrected chi connectivity index (χ1v) is 10.5. The first-order chi connectivity index (χ1) is 14.5. The molecule has 0 bridgehead atoms. The molecule has 0 radical (unpaired) electrons. The minimum absolute atomic E-state index is 0.0613. The topological polar surface area (TPSA) is 83.8 Å². The van der Waals surface area contributed by atoms with E-state index in [1.54, 1.807) is 13.2 Å². The Balaban J connectivity index is 1.43. The number of rotatable bonds is 7. The van der Waals surface area contributed by atoms with Gasteiger partial charge in [-0.15, -0.1) is 0 Å². The van der Waals surface area contributed by atoms with E-state index in [-0.39, 0.29) is 18.1 Å². The number of aromatic nitrogens is 2. The van der Waals surface area contributed by atoms with Crippen LogP contribution in [-0.4, -0.2) is 65.4 Å². The second kappa shape index (κ2) is 10.8. The van der Waals surface area contributed by atoms with Gasteiger partial charge >= 0.3 is 0 Å². The molecule has 30 heavy (non-hydrogen) atoms. The van der Waals surface area contributed by atoms with Crippen LogP contribution in [0.15, 0.2) is 47.7 Å². The molecule has 8 nitrogen and oxygen atoms in total. The molecule has 1 aromatic carbocycles. The standard InChI is InChI=1S/C22H32N6O2/c1-17-15-27(16-18(2)30-17)21(29)20-8-6-19(7-9-20)14-25-22(23-3)24-10-4-12-28-13-5-11-26-28/h5-9,11,13,17-18H,4,10,12,14-16H2,1-3H3,(H2,23,24,25). The van der Waals surface area contributed by atoms with Crippen LogP contribution in [0.25, 0.3) is 0 Å². The molecule has 3 rings (SSSR count). The lowest BCUT2D eigenvalue weighted by Crippen LogP contribution is -2.48. The molecule has 8 heteroatoms. The third kappa shape index (κ3) is 6.32. The van der Waals surface area contributed by atoms with Gasteiger partial charge in [0.05, 0.1) is 12.2 Å². The van der Waals surface area contributed by atoms with Crippen LogP contribution in [0, 0.1) is 0 Å². The van der Waals surface area contributed by atoms with Crippen molar-refractivity contribution in [2.24, 2.45) is 4.99 Å². The van der Waals surface area contributed by atoms with Crippen molar-refractivity contribution >= 4 is 11.9 Å². The normalized spacial score (nSPS) is 19.6. The third-order valence-electron chi connectivity index (χ3n) is 5.01. The Morgan fingerprint density at radius 3 is 2.57 bits per heavy atom. The lowest BCUT2D eigenvalue weighted by molar-refractivity contribution is -0.0586. The van der Waals surface area contributed by atoms with Gasteiger partial charge in [0, 0.05) is 57.7 Å². The van der Waals surface area contributed by atoms with E-state index in [4.69, 9.17) is 4.74 Å². The van der Waals surface area contributed by atoms with Crippen molar-refractivity contribution in [2.75, 3.05) is 26.7 Å². The average molecular weight is 413 g/mol. The maximum atomic E-state index is 12.8. The second-order valence-corrected chi connectivity index (χ2v) is 7.64. The molecule has 1 aromatic heterocycles. The number of aliphatic imine (C=N–C) groups is 1. The number of benzene rings is 1. The number of aryl methyl sites for hydroxylation is 1.